The van der Waals surface area contributed by atoms with Gasteiger partial charge in [-0.2, -0.15) is 5.10 Å². The van der Waals surface area contributed by atoms with E-state index in [2.05, 4.69) is 24.1 Å². The molecule has 0 N–H and O–H groups in total. The van der Waals surface area contributed by atoms with E-state index in [0.717, 1.165) is 37.4 Å². The summed E-state index contributed by atoms with van der Waals surface area (Å²) in [6.45, 7) is 1.85. The summed E-state index contributed by atoms with van der Waals surface area (Å²) in [5.41, 5.74) is 1.14. The molecule has 0 aliphatic carbocycles. The summed E-state index contributed by atoms with van der Waals surface area (Å²) < 4.78 is 7.30. The Morgan fingerprint density at radius 1 is 1.50 bits per heavy atom. The summed E-state index contributed by atoms with van der Waals surface area (Å²) in [7, 11) is 5.79. The van der Waals surface area contributed by atoms with Gasteiger partial charge in [-0.25, -0.2) is 0 Å². The van der Waals surface area contributed by atoms with E-state index in [1.807, 2.05) is 4.68 Å². The number of ether oxygens (including phenoxy) is 1. The predicted molar refractivity (Wildman–Crippen MR) is 66.4 cm³/mol. The van der Waals surface area contributed by atoms with E-state index in [1.165, 1.54) is 0 Å². The first-order chi connectivity index (χ1) is 7.69. The third-order valence-electron chi connectivity index (χ3n) is 2.44. The van der Waals surface area contributed by atoms with Crippen LogP contribution in [0.1, 0.15) is 12.1 Å². The number of methoxy groups -OCH3 is 1. The Balaban J connectivity index is 2.70. The summed E-state index contributed by atoms with van der Waals surface area (Å²) in [5, 5.41) is 4.33. The number of rotatable bonds is 7. The topological polar surface area (TPSA) is 30.3 Å². The lowest BCUT2D eigenvalue weighted by Gasteiger charge is -2.12. The van der Waals surface area contributed by atoms with Gasteiger partial charge < -0.3 is 9.64 Å². The van der Waals surface area contributed by atoms with E-state index >= 15 is 0 Å². The molecule has 0 saturated carbocycles. The van der Waals surface area contributed by atoms with Gasteiger partial charge in [-0.15, -0.1) is 11.6 Å². The summed E-state index contributed by atoms with van der Waals surface area (Å²) >= 11 is 5.72. The predicted octanol–water partition coefficient (Wildman–Crippen LogP) is 1.62. The quantitative estimate of drug-likeness (QED) is 0.684. The third kappa shape index (κ3) is 3.68. The number of halogens is 1. The second kappa shape index (κ2) is 6.76. The SMILES string of the molecule is COc1cnn(CCN(C)C)c1CCCCl. The molecule has 0 aliphatic heterocycles. The number of hydrogen-bond donors (Lipinski definition) is 0. The number of aromatic nitrogens is 2. The van der Waals surface area contributed by atoms with Crippen molar-refractivity contribution in [2.75, 3.05) is 33.6 Å². The van der Waals surface area contributed by atoms with Crippen molar-refractivity contribution >= 4 is 11.6 Å². The molecule has 16 heavy (non-hydrogen) atoms. The summed E-state index contributed by atoms with van der Waals surface area (Å²) in [6.07, 6.45) is 3.64. The maximum absolute atomic E-state index is 5.72. The van der Waals surface area contributed by atoms with Gasteiger partial charge in [-0.05, 0) is 26.9 Å². The second-order valence-corrected chi connectivity index (χ2v) is 4.36. The number of nitrogens with zero attached hydrogens (tertiary/aromatic N) is 3. The van der Waals surface area contributed by atoms with Crippen LogP contribution in [0.5, 0.6) is 5.75 Å². The van der Waals surface area contributed by atoms with Crippen LogP contribution in [0, 0.1) is 0 Å². The summed E-state index contributed by atoms with van der Waals surface area (Å²) in [4.78, 5) is 2.14. The Bertz CT molecular complexity index is 312. The molecule has 5 heteroatoms. The van der Waals surface area contributed by atoms with E-state index in [-0.39, 0.29) is 0 Å². The lowest BCUT2D eigenvalue weighted by molar-refractivity contribution is 0.365. The molecule has 1 aromatic heterocycles. The molecule has 1 rings (SSSR count). The molecule has 0 bridgehead atoms. The average molecular weight is 246 g/mol. The van der Waals surface area contributed by atoms with Crippen LogP contribution in [-0.2, 0) is 13.0 Å². The Morgan fingerprint density at radius 2 is 2.25 bits per heavy atom. The van der Waals surface area contributed by atoms with Crippen molar-refractivity contribution in [3.63, 3.8) is 0 Å². The molecule has 0 amide bonds. The molecule has 0 spiro atoms. The highest BCUT2D eigenvalue weighted by atomic mass is 35.5. The molecule has 1 aromatic rings. The van der Waals surface area contributed by atoms with Crippen LogP contribution in [-0.4, -0.2) is 48.3 Å². The Hall–Kier alpha value is -0.740. The van der Waals surface area contributed by atoms with Crippen LogP contribution < -0.4 is 4.74 Å². The fourth-order valence-electron chi connectivity index (χ4n) is 1.54. The molecule has 0 fully saturated rings. The van der Waals surface area contributed by atoms with Crippen molar-refractivity contribution < 1.29 is 4.74 Å². The maximum Gasteiger partial charge on any atom is 0.159 e. The van der Waals surface area contributed by atoms with Crippen molar-refractivity contribution in [3.8, 4) is 5.75 Å². The number of hydrogen-bond acceptors (Lipinski definition) is 3. The first kappa shape index (κ1) is 13.3. The van der Waals surface area contributed by atoms with Crippen LogP contribution in [0.4, 0.5) is 0 Å². The van der Waals surface area contributed by atoms with Gasteiger partial charge in [0.05, 0.1) is 25.5 Å². The molecular weight excluding hydrogens is 226 g/mol. The Kier molecular flexibility index (Phi) is 5.63. The average Bonchev–Trinajstić information content (AvgIpc) is 2.65. The van der Waals surface area contributed by atoms with Gasteiger partial charge in [0.2, 0.25) is 0 Å². The minimum atomic E-state index is 0.669. The molecule has 0 radical (unpaired) electrons. The van der Waals surface area contributed by atoms with E-state index in [4.69, 9.17) is 16.3 Å². The normalized spacial score (nSPS) is 11.1. The molecular formula is C11H20ClN3O. The molecule has 0 aromatic carbocycles. The maximum atomic E-state index is 5.72. The Labute approximate surface area is 102 Å². The Morgan fingerprint density at radius 3 is 2.81 bits per heavy atom. The molecule has 92 valence electrons. The van der Waals surface area contributed by atoms with Crippen LogP contribution in [0.3, 0.4) is 0 Å². The summed E-state index contributed by atoms with van der Waals surface area (Å²) in [6, 6.07) is 0. The lowest BCUT2D eigenvalue weighted by atomic mass is 10.2. The van der Waals surface area contributed by atoms with Crippen molar-refractivity contribution in [2.45, 2.75) is 19.4 Å². The largest absolute Gasteiger partial charge is 0.493 e. The molecule has 1 heterocycles. The first-order valence-electron chi connectivity index (χ1n) is 5.48. The minimum absolute atomic E-state index is 0.669. The number of likely N-dealkylation sites (N-methyl/N-ethyl adjacent to an activating group) is 1. The highest BCUT2D eigenvalue weighted by Gasteiger charge is 2.10. The fraction of sp³-hybridized carbons (Fsp3) is 0.727. The number of alkyl halides is 1. The van der Waals surface area contributed by atoms with Crippen LogP contribution in [0.2, 0.25) is 0 Å². The van der Waals surface area contributed by atoms with E-state index in [0.29, 0.717) is 5.88 Å². The van der Waals surface area contributed by atoms with Gasteiger partial charge >= 0.3 is 0 Å². The molecule has 0 atom stereocenters. The fourth-order valence-corrected chi connectivity index (χ4v) is 1.67. The molecule has 0 unspecified atom stereocenters. The van der Waals surface area contributed by atoms with Gasteiger partial charge in [0, 0.05) is 12.4 Å². The van der Waals surface area contributed by atoms with E-state index < -0.39 is 0 Å². The highest BCUT2D eigenvalue weighted by Crippen LogP contribution is 2.19. The molecule has 0 aliphatic rings. The zero-order chi connectivity index (χ0) is 12.0. The summed E-state index contributed by atoms with van der Waals surface area (Å²) in [5.74, 6) is 1.53. The van der Waals surface area contributed by atoms with Crippen LogP contribution in [0.25, 0.3) is 0 Å². The van der Waals surface area contributed by atoms with E-state index in [1.54, 1.807) is 13.3 Å². The highest BCUT2D eigenvalue weighted by molar-refractivity contribution is 6.17. The van der Waals surface area contributed by atoms with Crippen molar-refractivity contribution in [3.05, 3.63) is 11.9 Å². The lowest BCUT2D eigenvalue weighted by Crippen LogP contribution is -2.20. The van der Waals surface area contributed by atoms with Crippen LogP contribution >= 0.6 is 11.6 Å². The van der Waals surface area contributed by atoms with Crippen LogP contribution in [0.15, 0.2) is 6.20 Å². The minimum Gasteiger partial charge on any atom is -0.493 e. The monoisotopic (exact) mass is 245 g/mol. The van der Waals surface area contributed by atoms with E-state index in [9.17, 15) is 0 Å². The van der Waals surface area contributed by atoms with Gasteiger partial charge in [0.25, 0.3) is 0 Å². The molecule has 0 saturated heterocycles. The van der Waals surface area contributed by atoms with Crippen molar-refractivity contribution in [1.29, 1.82) is 0 Å². The van der Waals surface area contributed by atoms with Gasteiger partial charge in [-0.1, -0.05) is 0 Å². The third-order valence-corrected chi connectivity index (χ3v) is 2.70. The van der Waals surface area contributed by atoms with Gasteiger partial charge in [0.1, 0.15) is 0 Å². The van der Waals surface area contributed by atoms with Gasteiger partial charge in [0.15, 0.2) is 5.75 Å². The second-order valence-electron chi connectivity index (χ2n) is 3.98. The standard InChI is InChI=1S/C11H20ClN3O/c1-14(2)7-8-15-10(5-4-6-12)11(16-3)9-13-15/h9H,4-8H2,1-3H3. The zero-order valence-corrected chi connectivity index (χ0v) is 11.0. The van der Waals surface area contributed by atoms with Gasteiger partial charge in [-0.3, -0.25) is 4.68 Å². The molecule has 4 nitrogen and oxygen atoms in total. The smallest absolute Gasteiger partial charge is 0.159 e. The zero-order valence-electron chi connectivity index (χ0n) is 10.2. The van der Waals surface area contributed by atoms with Crippen molar-refractivity contribution in [2.24, 2.45) is 0 Å². The van der Waals surface area contributed by atoms with Crippen molar-refractivity contribution in [1.82, 2.24) is 14.7 Å². The first-order valence-corrected chi connectivity index (χ1v) is 6.02.